The molecule has 0 radical (unpaired) electrons. The molecule has 2 heterocycles. The Hall–Kier alpha value is -3.09. The third kappa shape index (κ3) is 3.77. The van der Waals surface area contributed by atoms with Crippen molar-refractivity contribution in [1.82, 2.24) is 9.88 Å². The monoisotopic (exact) mass is 355 g/mol. The van der Waals surface area contributed by atoms with Gasteiger partial charge in [-0.2, -0.15) is 0 Å². The first-order chi connectivity index (χ1) is 12.5. The molecule has 1 fully saturated rings. The summed E-state index contributed by atoms with van der Waals surface area (Å²) < 4.78 is 5.51. The second-order valence-electron chi connectivity index (χ2n) is 6.38. The Morgan fingerprint density at radius 2 is 1.92 bits per heavy atom. The largest absolute Gasteiger partial charge is 0.485 e. The summed E-state index contributed by atoms with van der Waals surface area (Å²) in [7, 11) is 0. The van der Waals surface area contributed by atoms with Crippen LogP contribution in [0.25, 0.3) is 0 Å². The van der Waals surface area contributed by atoms with E-state index in [2.05, 4.69) is 4.98 Å². The van der Waals surface area contributed by atoms with Gasteiger partial charge in [0.05, 0.1) is 5.56 Å². The smallest absolute Gasteiger partial charge is 0.270 e. The van der Waals surface area contributed by atoms with Crippen LogP contribution in [0.15, 0.2) is 30.5 Å². The van der Waals surface area contributed by atoms with E-state index in [4.69, 9.17) is 10.5 Å². The summed E-state index contributed by atoms with van der Waals surface area (Å²) in [6, 6.07) is 6.52. The zero-order valence-corrected chi connectivity index (χ0v) is 14.6. The molecule has 0 bridgehead atoms. The van der Waals surface area contributed by atoms with E-state index in [0.29, 0.717) is 11.3 Å². The standard InChI is InChI=1S/C19H21N3O4/c1-12-4-5-14(18(20)24)17(8-12)26-11-16(23)13-9-15(21-10-13)19(25)22-6-2-3-7-22/h4-5,8-10,21H,2-3,6-7,11H2,1H3,(H2,20,24). The van der Waals surface area contributed by atoms with Crippen molar-refractivity contribution in [3.8, 4) is 5.75 Å². The molecule has 1 aliphatic heterocycles. The molecule has 7 heteroatoms. The lowest BCUT2D eigenvalue weighted by atomic mass is 10.1. The highest BCUT2D eigenvalue weighted by atomic mass is 16.5. The fourth-order valence-electron chi connectivity index (χ4n) is 2.95. The maximum absolute atomic E-state index is 12.4. The van der Waals surface area contributed by atoms with Crippen LogP contribution in [-0.4, -0.2) is 47.2 Å². The minimum Gasteiger partial charge on any atom is -0.485 e. The number of rotatable bonds is 6. The number of carbonyl (C=O) groups excluding carboxylic acids is 3. The highest BCUT2D eigenvalue weighted by molar-refractivity contribution is 6.01. The van der Waals surface area contributed by atoms with Gasteiger partial charge in [0.2, 0.25) is 5.78 Å². The van der Waals surface area contributed by atoms with Crippen LogP contribution in [0.4, 0.5) is 0 Å². The summed E-state index contributed by atoms with van der Waals surface area (Å²) in [5.74, 6) is -0.738. The number of likely N-dealkylation sites (tertiary alicyclic amines) is 1. The number of aromatic amines is 1. The Bertz CT molecular complexity index is 850. The van der Waals surface area contributed by atoms with Gasteiger partial charge < -0.3 is 20.4 Å². The van der Waals surface area contributed by atoms with Crippen LogP contribution in [0.2, 0.25) is 0 Å². The Balaban J connectivity index is 1.67. The normalized spacial score (nSPS) is 13.7. The fourth-order valence-corrected chi connectivity index (χ4v) is 2.95. The summed E-state index contributed by atoms with van der Waals surface area (Å²) in [4.78, 5) is 40.8. The highest BCUT2D eigenvalue weighted by Gasteiger charge is 2.22. The van der Waals surface area contributed by atoms with Gasteiger partial charge in [-0.05, 0) is 43.5 Å². The van der Waals surface area contributed by atoms with Gasteiger partial charge in [0.25, 0.3) is 11.8 Å². The van der Waals surface area contributed by atoms with Crippen molar-refractivity contribution < 1.29 is 19.1 Å². The number of ether oxygens (including phenoxy) is 1. The molecule has 2 aromatic rings. The van der Waals surface area contributed by atoms with E-state index < -0.39 is 5.91 Å². The molecule has 0 unspecified atom stereocenters. The molecular formula is C19H21N3O4. The average molecular weight is 355 g/mol. The van der Waals surface area contributed by atoms with Gasteiger partial charge in [-0.15, -0.1) is 0 Å². The summed E-state index contributed by atoms with van der Waals surface area (Å²) >= 11 is 0. The van der Waals surface area contributed by atoms with Gasteiger partial charge in [-0.1, -0.05) is 6.07 Å². The third-order valence-electron chi connectivity index (χ3n) is 4.39. The molecule has 26 heavy (non-hydrogen) atoms. The van der Waals surface area contributed by atoms with E-state index in [1.807, 2.05) is 6.92 Å². The van der Waals surface area contributed by atoms with Gasteiger partial charge in [0, 0.05) is 24.8 Å². The summed E-state index contributed by atoms with van der Waals surface area (Å²) in [6.07, 6.45) is 3.51. The van der Waals surface area contributed by atoms with E-state index in [1.165, 1.54) is 12.3 Å². The molecule has 3 N–H and O–H groups in total. The molecule has 1 saturated heterocycles. The van der Waals surface area contributed by atoms with Gasteiger partial charge in [0.15, 0.2) is 6.61 Å². The molecular weight excluding hydrogens is 334 g/mol. The zero-order chi connectivity index (χ0) is 18.7. The van der Waals surface area contributed by atoms with Crippen molar-refractivity contribution in [2.45, 2.75) is 19.8 Å². The van der Waals surface area contributed by atoms with Crippen molar-refractivity contribution in [2.75, 3.05) is 19.7 Å². The maximum atomic E-state index is 12.4. The SMILES string of the molecule is Cc1ccc(C(N)=O)c(OCC(=O)c2c[nH]c(C(=O)N3CCCC3)c2)c1. The van der Waals surface area contributed by atoms with Crippen LogP contribution in [0, 0.1) is 6.92 Å². The van der Waals surface area contributed by atoms with E-state index in [9.17, 15) is 14.4 Å². The summed E-state index contributed by atoms with van der Waals surface area (Å²) in [6.45, 7) is 3.09. The molecule has 0 atom stereocenters. The lowest BCUT2D eigenvalue weighted by Gasteiger charge is -2.13. The number of Topliss-reactive ketones (excluding diaryl/α,β-unsaturated/α-hetero) is 1. The van der Waals surface area contributed by atoms with E-state index in [-0.39, 0.29) is 29.6 Å². The van der Waals surface area contributed by atoms with Crippen molar-refractivity contribution in [3.05, 3.63) is 52.8 Å². The number of aryl methyl sites for hydroxylation is 1. The number of hydrogen-bond donors (Lipinski definition) is 2. The van der Waals surface area contributed by atoms with Crippen LogP contribution in [0.1, 0.15) is 49.6 Å². The molecule has 0 saturated carbocycles. The first kappa shape index (κ1) is 17.7. The fraction of sp³-hybridized carbons (Fsp3) is 0.316. The molecule has 1 aliphatic rings. The predicted molar refractivity (Wildman–Crippen MR) is 95.5 cm³/mol. The number of benzene rings is 1. The first-order valence-corrected chi connectivity index (χ1v) is 8.50. The average Bonchev–Trinajstić information content (AvgIpc) is 3.30. The Labute approximate surface area is 151 Å². The second kappa shape index (κ2) is 7.43. The molecule has 3 rings (SSSR count). The van der Waals surface area contributed by atoms with Crippen molar-refractivity contribution in [2.24, 2.45) is 5.73 Å². The van der Waals surface area contributed by atoms with Crippen LogP contribution < -0.4 is 10.5 Å². The van der Waals surface area contributed by atoms with Crippen LogP contribution in [0.5, 0.6) is 5.75 Å². The van der Waals surface area contributed by atoms with Crippen molar-refractivity contribution in [3.63, 3.8) is 0 Å². The van der Waals surface area contributed by atoms with Gasteiger partial charge >= 0.3 is 0 Å². The van der Waals surface area contributed by atoms with Gasteiger partial charge in [-0.3, -0.25) is 14.4 Å². The minimum absolute atomic E-state index is 0.0998. The number of hydrogen-bond acceptors (Lipinski definition) is 4. The zero-order valence-electron chi connectivity index (χ0n) is 14.6. The number of nitrogens with zero attached hydrogens (tertiary/aromatic N) is 1. The van der Waals surface area contributed by atoms with Gasteiger partial charge in [0.1, 0.15) is 11.4 Å². The van der Waals surface area contributed by atoms with E-state index >= 15 is 0 Å². The third-order valence-corrected chi connectivity index (χ3v) is 4.39. The summed E-state index contributed by atoms with van der Waals surface area (Å²) in [5.41, 5.74) is 7.19. The summed E-state index contributed by atoms with van der Waals surface area (Å²) in [5, 5.41) is 0. The topological polar surface area (TPSA) is 105 Å². The van der Waals surface area contributed by atoms with Crippen LogP contribution in [0.3, 0.4) is 0 Å². The maximum Gasteiger partial charge on any atom is 0.270 e. The number of primary amides is 1. The Kier molecular flexibility index (Phi) is 5.06. The lowest BCUT2D eigenvalue weighted by Crippen LogP contribution is -2.27. The number of carbonyl (C=O) groups is 3. The second-order valence-corrected chi connectivity index (χ2v) is 6.38. The number of nitrogens with one attached hydrogen (secondary N) is 1. The lowest BCUT2D eigenvalue weighted by molar-refractivity contribution is 0.0787. The molecule has 1 aromatic carbocycles. The molecule has 1 aromatic heterocycles. The minimum atomic E-state index is -0.618. The Morgan fingerprint density at radius 1 is 1.19 bits per heavy atom. The number of H-pyrrole nitrogens is 1. The van der Waals surface area contributed by atoms with Crippen LogP contribution >= 0.6 is 0 Å². The molecule has 7 nitrogen and oxygen atoms in total. The van der Waals surface area contributed by atoms with Gasteiger partial charge in [-0.25, -0.2) is 0 Å². The number of aromatic nitrogens is 1. The number of amides is 2. The predicted octanol–water partition coefficient (Wildman–Crippen LogP) is 1.92. The number of nitrogens with two attached hydrogens (primary N) is 1. The van der Waals surface area contributed by atoms with E-state index in [1.54, 1.807) is 23.1 Å². The van der Waals surface area contributed by atoms with Crippen LogP contribution in [-0.2, 0) is 0 Å². The molecule has 2 amide bonds. The van der Waals surface area contributed by atoms with E-state index in [0.717, 1.165) is 31.5 Å². The molecule has 0 spiro atoms. The highest BCUT2D eigenvalue weighted by Crippen LogP contribution is 2.20. The molecule has 0 aliphatic carbocycles. The van der Waals surface area contributed by atoms with Crippen molar-refractivity contribution >= 4 is 17.6 Å². The quantitative estimate of drug-likeness (QED) is 0.772. The first-order valence-electron chi connectivity index (χ1n) is 8.50. The molecule has 136 valence electrons. The Morgan fingerprint density at radius 3 is 2.62 bits per heavy atom. The van der Waals surface area contributed by atoms with Crippen molar-refractivity contribution in [1.29, 1.82) is 0 Å². The number of ketones is 1.